The Kier molecular flexibility index (Phi) is 8.02. The number of nitrogens with zero attached hydrogens (tertiary/aromatic N) is 4. The van der Waals surface area contributed by atoms with Crippen LogP contribution in [0.25, 0.3) is 11.3 Å². The van der Waals surface area contributed by atoms with Crippen LogP contribution < -0.4 is 10.5 Å². The molecular formula is C19H21N5O3S. The molecule has 0 saturated heterocycles. The largest absolute Gasteiger partial charge is 0.490 e. The number of hydrogen-bond acceptors (Lipinski definition) is 9. The molecule has 8 nitrogen and oxygen atoms in total. The molecule has 0 saturated carbocycles. The second-order valence-corrected chi connectivity index (χ2v) is 6.74. The Bertz CT molecular complexity index is 890. The van der Waals surface area contributed by atoms with Crippen LogP contribution in [0.3, 0.4) is 0 Å². The minimum Gasteiger partial charge on any atom is -0.490 e. The molecule has 2 rings (SSSR count). The molecule has 0 aliphatic carbocycles. The monoisotopic (exact) mass is 399 g/mol. The Balaban J connectivity index is 2.45. The van der Waals surface area contributed by atoms with Crippen LogP contribution in [0.1, 0.15) is 18.1 Å². The van der Waals surface area contributed by atoms with Gasteiger partial charge in [0, 0.05) is 25.5 Å². The van der Waals surface area contributed by atoms with Crippen LogP contribution in [0.4, 0.5) is 5.82 Å². The number of rotatable bonds is 9. The first-order chi connectivity index (χ1) is 13.5. The normalized spacial score (nSPS) is 11.5. The summed E-state index contributed by atoms with van der Waals surface area (Å²) in [6.45, 7) is 2.77. The van der Waals surface area contributed by atoms with Crippen molar-refractivity contribution in [2.45, 2.75) is 18.1 Å². The molecule has 0 aliphatic heterocycles. The third-order valence-corrected chi connectivity index (χ3v) is 5.03. The summed E-state index contributed by atoms with van der Waals surface area (Å²) < 4.78 is 15.7. The molecule has 9 heteroatoms. The summed E-state index contributed by atoms with van der Waals surface area (Å²) in [6.07, 6.45) is 1.50. The average molecular weight is 399 g/mol. The van der Waals surface area contributed by atoms with E-state index < -0.39 is 0 Å². The maximum absolute atomic E-state index is 9.74. The van der Waals surface area contributed by atoms with Gasteiger partial charge < -0.3 is 19.9 Å². The Morgan fingerprint density at radius 1 is 1.18 bits per heavy atom. The fraction of sp³-hybridized carbons (Fsp3) is 0.368. The molecule has 0 fully saturated rings. The number of thioether (sulfide) groups is 1. The first-order valence-electron chi connectivity index (χ1n) is 8.43. The van der Waals surface area contributed by atoms with Gasteiger partial charge in [0.1, 0.15) is 40.9 Å². The molecule has 1 unspecified atom stereocenters. The molecule has 0 aliphatic rings. The molecule has 2 aromatic rings. The molecule has 0 radical (unpaired) electrons. The molecule has 2 aromatic heterocycles. The number of methoxy groups -OCH3 is 2. The second-order valence-electron chi connectivity index (χ2n) is 5.73. The summed E-state index contributed by atoms with van der Waals surface area (Å²) in [4.78, 5) is 8.60. The van der Waals surface area contributed by atoms with Crippen LogP contribution in [-0.4, -0.2) is 49.3 Å². The van der Waals surface area contributed by atoms with Gasteiger partial charge in [0.15, 0.2) is 0 Å². The van der Waals surface area contributed by atoms with Crippen molar-refractivity contribution >= 4 is 17.6 Å². The van der Waals surface area contributed by atoms with E-state index in [2.05, 4.69) is 16.0 Å². The molecule has 146 valence electrons. The summed E-state index contributed by atoms with van der Waals surface area (Å²) in [5, 5.41) is 19.7. The zero-order chi connectivity index (χ0) is 20.5. The third-order valence-electron chi connectivity index (χ3n) is 3.82. The lowest BCUT2D eigenvalue weighted by Crippen LogP contribution is -2.09. The fourth-order valence-electron chi connectivity index (χ4n) is 2.28. The topological polar surface area (TPSA) is 127 Å². The predicted molar refractivity (Wildman–Crippen MR) is 106 cm³/mol. The van der Waals surface area contributed by atoms with Crippen molar-refractivity contribution in [3.05, 3.63) is 29.5 Å². The molecule has 0 aromatic carbocycles. The van der Waals surface area contributed by atoms with E-state index in [0.29, 0.717) is 41.0 Å². The fourth-order valence-corrected chi connectivity index (χ4v) is 3.26. The van der Waals surface area contributed by atoms with Gasteiger partial charge in [0.25, 0.3) is 0 Å². The van der Waals surface area contributed by atoms with E-state index >= 15 is 0 Å². The summed E-state index contributed by atoms with van der Waals surface area (Å²) in [7, 11) is 3.21. The molecule has 2 N–H and O–H groups in total. The number of anilines is 1. The van der Waals surface area contributed by atoms with E-state index in [1.807, 2.05) is 13.0 Å². The van der Waals surface area contributed by atoms with E-state index in [4.69, 9.17) is 19.9 Å². The quantitative estimate of drug-likeness (QED) is 0.500. The maximum Gasteiger partial charge on any atom is 0.143 e. The van der Waals surface area contributed by atoms with Crippen molar-refractivity contribution in [2.75, 3.05) is 38.9 Å². The molecule has 2 heterocycles. The van der Waals surface area contributed by atoms with Gasteiger partial charge in [0.05, 0.1) is 30.2 Å². The summed E-state index contributed by atoms with van der Waals surface area (Å²) >= 11 is 1.35. The number of ether oxygens (including phenoxy) is 3. The lowest BCUT2D eigenvalue weighted by Gasteiger charge is -2.14. The van der Waals surface area contributed by atoms with Crippen LogP contribution in [0.5, 0.6) is 5.75 Å². The van der Waals surface area contributed by atoms with Gasteiger partial charge in [-0.3, -0.25) is 4.98 Å². The summed E-state index contributed by atoms with van der Waals surface area (Å²) in [6, 6.07) is 7.59. The highest BCUT2D eigenvalue weighted by Gasteiger charge is 2.21. The first kappa shape index (κ1) is 21.5. The molecule has 28 heavy (non-hydrogen) atoms. The van der Waals surface area contributed by atoms with E-state index in [1.54, 1.807) is 26.4 Å². The number of pyridine rings is 2. The Hall–Kier alpha value is -2.85. The number of nitrogens with two attached hydrogens (primary N) is 1. The lowest BCUT2D eigenvalue weighted by molar-refractivity contribution is 0.138. The van der Waals surface area contributed by atoms with Gasteiger partial charge in [-0.25, -0.2) is 4.98 Å². The minimum atomic E-state index is -0.0275. The molecule has 0 spiro atoms. The smallest absolute Gasteiger partial charge is 0.143 e. The van der Waals surface area contributed by atoms with Crippen molar-refractivity contribution in [3.8, 4) is 29.1 Å². The van der Waals surface area contributed by atoms with Crippen LogP contribution >= 0.6 is 11.8 Å². The van der Waals surface area contributed by atoms with Gasteiger partial charge in [-0.2, -0.15) is 10.5 Å². The highest BCUT2D eigenvalue weighted by atomic mass is 32.2. The average Bonchev–Trinajstić information content (AvgIpc) is 2.72. The van der Waals surface area contributed by atoms with Crippen molar-refractivity contribution < 1.29 is 14.2 Å². The number of nitriles is 2. The lowest BCUT2D eigenvalue weighted by atomic mass is 10.0. The molecular weight excluding hydrogens is 378 g/mol. The molecule has 0 bridgehead atoms. The van der Waals surface area contributed by atoms with E-state index in [9.17, 15) is 10.5 Å². The van der Waals surface area contributed by atoms with Gasteiger partial charge in [-0.1, -0.05) is 0 Å². The van der Waals surface area contributed by atoms with Gasteiger partial charge in [-0.15, -0.1) is 11.8 Å². The SMILES string of the molecule is COCCOc1ccc(-c2c(C#N)c(N)nc(SCC(C)OC)c2C#N)nc1. The summed E-state index contributed by atoms with van der Waals surface area (Å²) in [5.74, 6) is 1.21. The number of nitrogen functional groups attached to an aromatic ring is 1. The zero-order valence-electron chi connectivity index (χ0n) is 15.9. The minimum absolute atomic E-state index is 0.0275. The molecule has 0 amide bonds. The van der Waals surface area contributed by atoms with Gasteiger partial charge in [-0.05, 0) is 19.1 Å². The van der Waals surface area contributed by atoms with Crippen molar-refractivity contribution in [3.63, 3.8) is 0 Å². The van der Waals surface area contributed by atoms with Gasteiger partial charge in [0.2, 0.25) is 0 Å². The second kappa shape index (κ2) is 10.5. The van der Waals surface area contributed by atoms with Crippen LogP contribution in [0, 0.1) is 22.7 Å². The third kappa shape index (κ3) is 5.11. The maximum atomic E-state index is 9.74. The highest BCUT2D eigenvalue weighted by Crippen LogP contribution is 2.35. The van der Waals surface area contributed by atoms with Crippen molar-refractivity contribution in [2.24, 2.45) is 0 Å². The van der Waals surface area contributed by atoms with Crippen LogP contribution in [0.2, 0.25) is 0 Å². The van der Waals surface area contributed by atoms with E-state index in [0.717, 1.165) is 0 Å². The predicted octanol–water partition coefficient (Wildman–Crippen LogP) is 2.62. The molecule has 1 atom stereocenters. The zero-order valence-corrected chi connectivity index (χ0v) is 16.7. The van der Waals surface area contributed by atoms with Crippen LogP contribution in [-0.2, 0) is 9.47 Å². The van der Waals surface area contributed by atoms with Crippen molar-refractivity contribution in [1.29, 1.82) is 10.5 Å². The Morgan fingerprint density at radius 2 is 1.93 bits per heavy atom. The van der Waals surface area contributed by atoms with E-state index in [1.165, 1.54) is 18.0 Å². The Morgan fingerprint density at radius 3 is 2.50 bits per heavy atom. The summed E-state index contributed by atoms with van der Waals surface area (Å²) in [5.41, 5.74) is 7.20. The van der Waals surface area contributed by atoms with Crippen molar-refractivity contribution in [1.82, 2.24) is 9.97 Å². The van der Waals surface area contributed by atoms with Gasteiger partial charge >= 0.3 is 0 Å². The van der Waals surface area contributed by atoms with Crippen LogP contribution in [0.15, 0.2) is 23.4 Å². The number of hydrogen-bond donors (Lipinski definition) is 1. The first-order valence-corrected chi connectivity index (χ1v) is 9.41. The standard InChI is InChI=1S/C19H21N5O3S/c1-12(26-3)11-28-19-15(9-21)17(14(8-20)18(22)24-19)16-5-4-13(10-23-16)27-7-6-25-2/h4-5,10,12H,6-7,11H2,1-3H3,(H2,22,24). The number of aromatic nitrogens is 2. The highest BCUT2D eigenvalue weighted by molar-refractivity contribution is 7.99. The Labute approximate surface area is 168 Å². The van der Waals surface area contributed by atoms with E-state index in [-0.39, 0.29) is 23.0 Å².